The minimum atomic E-state index is -0.0540. The summed E-state index contributed by atoms with van der Waals surface area (Å²) < 4.78 is 12.1. The van der Waals surface area contributed by atoms with Crippen LogP contribution in [0.5, 0.6) is 5.75 Å². The molecule has 0 bridgehead atoms. The molecule has 3 N–H and O–H groups in total. The summed E-state index contributed by atoms with van der Waals surface area (Å²) >= 11 is 0. The number of morpholine rings is 1. The van der Waals surface area contributed by atoms with Crippen LogP contribution in [-0.4, -0.2) is 68.1 Å². The van der Waals surface area contributed by atoms with Crippen molar-refractivity contribution in [2.45, 2.75) is 19.1 Å². The van der Waals surface area contributed by atoms with Crippen LogP contribution in [0.1, 0.15) is 6.92 Å². The minimum absolute atomic E-state index is 0.0391. The van der Waals surface area contributed by atoms with Gasteiger partial charge in [0.1, 0.15) is 18.0 Å². The van der Waals surface area contributed by atoms with Crippen LogP contribution in [0, 0.1) is 0 Å². The second kappa shape index (κ2) is 11.3. The van der Waals surface area contributed by atoms with Crippen LogP contribution < -0.4 is 25.6 Å². The van der Waals surface area contributed by atoms with Crippen LogP contribution in [0.25, 0.3) is 22.0 Å². The molecule has 0 amide bonds. The summed E-state index contributed by atoms with van der Waals surface area (Å²) in [5.74, 6) is 1.39. The van der Waals surface area contributed by atoms with Gasteiger partial charge in [-0.25, -0.2) is 9.97 Å². The van der Waals surface area contributed by atoms with Crippen molar-refractivity contribution >= 4 is 28.2 Å². The predicted molar refractivity (Wildman–Crippen MR) is 152 cm³/mol. The normalized spacial score (nSPS) is 18.8. The smallest absolute Gasteiger partial charge is 0.227 e. The lowest BCUT2D eigenvalue weighted by molar-refractivity contribution is -0.0350. The summed E-state index contributed by atoms with van der Waals surface area (Å²) in [5.41, 5.74) is 5.18. The predicted octanol–water partition coefficient (Wildman–Crippen LogP) is 4.21. The van der Waals surface area contributed by atoms with E-state index >= 15 is 0 Å². The van der Waals surface area contributed by atoms with Crippen molar-refractivity contribution in [3.05, 3.63) is 72.9 Å². The summed E-state index contributed by atoms with van der Waals surface area (Å²) in [7, 11) is 0. The molecule has 2 atom stereocenters. The van der Waals surface area contributed by atoms with E-state index in [1.807, 2.05) is 30.5 Å². The van der Waals surface area contributed by atoms with Gasteiger partial charge in [0.05, 0.1) is 12.1 Å². The molecule has 2 aliphatic rings. The highest BCUT2D eigenvalue weighted by molar-refractivity contribution is 5.94. The molecule has 8 nitrogen and oxygen atoms in total. The Morgan fingerprint density at radius 3 is 2.66 bits per heavy atom. The number of rotatable bonds is 7. The Morgan fingerprint density at radius 2 is 1.84 bits per heavy atom. The number of ether oxygens (including phenoxy) is 2. The molecule has 2 aliphatic heterocycles. The number of piperazine rings is 1. The average molecular weight is 511 g/mol. The van der Waals surface area contributed by atoms with Crippen LogP contribution in [-0.2, 0) is 4.74 Å². The Labute approximate surface area is 223 Å². The average Bonchev–Trinajstić information content (AvgIpc) is 2.98. The molecule has 3 heterocycles. The third-order valence-corrected chi connectivity index (χ3v) is 7.16. The molecule has 2 fully saturated rings. The maximum atomic E-state index is 6.27. The Morgan fingerprint density at radius 1 is 1.00 bits per heavy atom. The summed E-state index contributed by atoms with van der Waals surface area (Å²) in [5, 5.41) is 11.1. The van der Waals surface area contributed by atoms with E-state index in [-0.39, 0.29) is 12.2 Å². The topological polar surface area (TPSA) is 83.6 Å². The fraction of sp³-hybridized carbons (Fsp3) is 0.333. The van der Waals surface area contributed by atoms with E-state index in [0.717, 1.165) is 72.7 Å². The molecular formula is C30H34N6O2. The van der Waals surface area contributed by atoms with Crippen molar-refractivity contribution in [2.24, 2.45) is 0 Å². The fourth-order valence-corrected chi connectivity index (χ4v) is 5.07. The number of nitrogens with one attached hydrogen (secondary N) is 3. The second-order valence-electron chi connectivity index (χ2n) is 9.81. The van der Waals surface area contributed by atoms with Crippen LogP contribution in [0.15, 0.2) is 72.9 Å². The summed E-state index contributed by atoms with van der Waals surface area (Å²) in [6.45, 7) is 8.56. The molecule has 1 aromatic heterocycles. The zero-order valence-corrected chi connectivity index (χ0v) is 21.7. The van der Waals surface area contributed by atoms with Crippen molar-refractivity contribution in [1.29, 1.82) is 0 Å². The lowest BCUT2D eigenvalue weighted by Crippen LogP contribution is -2.46. The van der Waals surface area contributed by atoms with Crippen molar-refractivity contribution in [2.75, 3.05) is 56.1 Å². The standard InChI is InChI=1S/C30H34N6O2/c1-21(28-20-32-14-17-37-28)38-26-6-2-4-22(18-26)27-7-3-5-23-19-33-30(35-29(23)27)34-24-8-10-25(11-9-24)36-15-12-31-13-16-36/h2-11,18-19,21,28,31-32H,12-17,20H2,1H3,(H,33,34,35). The van der Waals surface area contributed by atoms with E-state index in [1.165, 1.54) is 5.69 Å². The molecule has 0 aliphatic carbocycles. The number of aromatic nitrogens is 2. The molecule has 4 aromatic rings. The Hall–Kier alpha value is -3.72. The van der Waals surface area contributed by atoms with Gasteiger partial charge in [-0.1, -0.05) is 30.3 Å². The van der Waals surface area contributed by atoms with Crippen LogP contribution >= 0.6 is 0 Å². The van der Waals surface area contributed by atoms with Gasteiger partial charge in [-0.15, -0.1) is 0 Å². The summed E-state index contributed by atoms with van der Waals surface area (Å²) in [6, 6.07) is 22.8. The molecule has 2 saturated heterocycles. The van der Waals surface area contributed by atoms with Gasteiger partial charge in [0.15, 0.2) is 0 Å². The molecule has 0 saturated carbocycles. The monoisotopic (exact) mass is 510 g/mol. The number of para-hydroxylation sites is 1. The van der Waals surface area contributed by atoms with Gasteiger partial charge >= 0.3 is 0 Å². The van der Waals surface area contributed by atoms with E-state index in [1.54, 1.807) is 0 Å². The van der Waals surface area contributed by atoms with Gasteiger partial charge in [-0.2, -0.15) is 0 Å². The van der Waals surface area contributed by atoms with Crippen molar-refractivity contribution in [3.63, 3.8) is 0 Å². The molecule has 8 heteroatoms. The molecule has 196 valence electrons. The molecule has 6 rings (SSSR count). The minimum Gasteiger partial charge on any atom is -0.488 e. The van der Waals surface area contributed by atoms with Gasteiger partial charge in [0.2, 0.25) is 5.95 Å². The van der Waals surface area contributed by atoms with E-state index < -0.39 is 0 Å². The lowest BCUT2D eigenvalue weighted by atomic mass is 10.0. The van der Waals surface area contributed by atoms with Gasteiger partial charge in [0.25, 0.3) is 0 Å². The molecule has 38 heavy (non-hydrogen) atoms. The first-order valence-electron chi connectivity index (χ1n) is 13.4. The van der Waals surface area contributed by atoms with Gasteiger partial charge in [0, 0.05) is 67.8 Å². The highest BCUT2D eigenvalue weighted by Gasteiger charge is 2.22. The summed E-state index contributed by atoms with van der Waals surface area (Å²) in [4.78, 5) is 11.9. The van der Waals surface area contributed by atoms with E-state index in [0.29, 0.717) is 12.6 Å². The van der Waals surface area contributed by atoms with Crippen molar-refractivity contribution in [3.8, 4) is 16.9 Å². The zero-order valence-electron chi connectivity index (χ0n) is 21.7. The van der Waals surface area contributed by atoms with E-state index in [2.05, 4.69) is 75.2 Å². The first-order valence-corrected chi connectivity index (χ1v) is 13.4. The SMILES string of the molecule is CC(Oc1cccc(-c2cccc3cnc(Nc4ccc(N5CCNCC5)cc4)nc23)c1)C1CNCCO1. The number of hydrogen-bond donors (Lipinski definition) is 3. The maximum Gasteiger partial charge on any atom is 0.227 e. The molecule has 3 aromatic carbocycles. The van der Waals surface area contributed by atoms with Crippen molar-refractivity contribution in [1.82, 2.24) is 20.6 Å². The van der Waals surface area contributed by atoms with Gasteiger partial charge < -0.3 is 30.3 Å². The molecule has 0 radical (unpaired) electrons. The number of hydrogen-bond acceptors (Lipinski definition) is 8. The third-order valence-electron chi connectivity index (χ3n) is 7.16. The van der Waals surface area contributed by atoms with Crippen LogP contribution in [0.4, 0.5) is 17.3 Å². The number of anilines is 3. The molecule has 0 spiro atoms. The maximum absolute atomic E-state index is 6.27. The van der Waals surface area contributed by atoms with Crippen LogP contribution in [0.3, 0.4) is 0 Å². The molecular weight excluding hydrogens is 476 g/mol. The highest BCUT2D eigenvalue weighted by atomic mass is 16.5. The Kier molecular flexibility index (Phi) is 7.35. The fourth-order valence-electron chi connectivity index (χ4n) is 5.07. The Balaban J connectivity index is 1.22. The number of benzene rings is 3. The zero-order chi connectivity index (χ0) is 25.7. The van der Waals surface area contributed by atoms with E-state index in [9.17, 15) is 0 Å². The first kappa shape index (κ1) is 24.6. The quantitative estimate of drug-likeness (QED) is 0.341. The highest BCUT2D eigenvalue weighted by Crippen LogP contribution is 2.31. The van der Waals surface area contributed by atoms with Crippen molar-refractivity contribution < 1.29 is 9.47 Å². The van der Waals surface area contributed by atoms with Crippen LogP contribution in [0.2, 0.25) is 0 Å². The van der Waals surface area contributed by atoms with Gasteiger partial charge in [-0.05, 0) is 48.9 Å². The molecule has 2 unspecified atom stereocenters. The second-order valence-corrected chi connectivity index (χ2v) is 9.81. The third kappa shape index (κ3) is 5.57. The van der Waals surface area contributed by atoms with E-state index in [4.69, 9.17) is 14.5 Å². The number of nitrogens with zero attached hydrogens (tertiary/aromatic N) is 3. The van der Waals surface area contributed by atoms with Gasteiger partial charge in [-0.3, -0.25) is 0 Å². The largest absolute Gasteiger partial charge is 0.488 e. The lowest BCUT2D eigenvalue weighted by Gasteiger charge is -2.29. The first-order chi connectivity index (χ1) is 18.7. The number of fused-ring (bicyclic) bond motifs is 1. The summed E-state index contributed by atoms with van der Waals surface area (Å²) in [6.07, 6.45) is 1.86. The Bertz CT molecular complexity index is 1370.